The number of unbranched alkanes of at least 4 members (excludes halogenated alkanes) is 9. The van der Waals surface area contributed by atoms with E-state index >= 15 is 0 Å². The lowest BCUT2D eigenvalue weighted by atomic mass is 10.1. The van der Waals surface area contributed by atoms with Crippen LogP contribution >= 0.6 is 11.8 Å². The van der Waals surface area contributed by atoms with E-state index in [1.54, 1.807) is 0 Å². The van der Waals surface area contributed by atoms with Crippen LogP contribution in [-0.2, 0) is 0 Å². The Balaban J connectivity index is 2.29. The molecule has 0 N–H and O–H groups in total. The smallest absolute Gasteiger partial charge is 0.129 e. The standard InChI is InChI=1S/C25H42SSi/c1-6-7-8-9-10-11-12-13-14-15-21-26-25(20-22-27(3,4)5)24-18-16-23(2)17-19-24/h16-19,25H,6-15,21H2,1-5H3. The summed E-state index contributed by atoms with van der Waals surface area (Å²) in [4.78, 5) is 0. The Morgan fingerprint density at radius 2 is 1.33 bits per heavy atom. The summed E-state index contributed by atoms with van der Waals surface area (Å²) in [6.45, 7) is 11.4. The topological polar surface area (TPSA) is 0 Å². The zero-order valence-corrected chi connectivity index (χ0v) is 20.4. The molecule has 0 saturated heterocycles. The summed E-state index contributed by atoms with van der Waals surface area (Å²) in [6, 6.07) is 8.98. The van der Waals surface area contributed by atoms with Crippen LogP contribution < -0.4 is 0 Å². The normalized spacial score (nSPS) is 12.5. The molecule has 152 valence electrons. The van der Waals surface area contributed by atoms with Crippen molar-refractivity contribution in [2.75, 3.05) is 5.75 Å². The van der Waals surface area contributed by atoms with Gasteiger partial charge >= 0.3 is 0 Å². The highest BCUT2D eigenvalue weighted by Crippen LogP contribution is 2.29. The second kappa shape index (κ2) is 14.4. The van der Waals surface area contributed by atoms with E-state index in [2.05, 4.69) is 69.2 Å². The van der Waals surface area contributed by atoms with Crippen molar-refractivity contribution in [1.82, 2.24) is 0 Å². The summed E-state index contributed by atoms with van der Waals surface area (Å²) in [5.41, 5.74) is 6.30. The van der Waals surface area contributed by atoms with Crippen molar-refractivity contribution in [1.29, 1.82) is 0 Å². The van der Waals surface area contributed by atoms with E-state index in [1.165, 1.54) is 81.1 Å². The first-order valence-electron chi connectivity index (χ1n) is 11.1. The first kappa shape index (κ1) is 24.4. The number of hydrogen-bond acceptors (Lipinski definition) is 1. The highest BCUT2D eigenvalue weighted by atomic mass is 32.2. The third-order valence-corrected chi connectivity index (χ3v) is 6.88. The van der Waals surface area contributed by atoms with Gasteiger partial charge < -0.3 is 0 Å². The average Bonchev–Trinajstić information content (AvgIpc) is 2.62. The minimum atomic E-state index is -1.32. The maximum absolute atomic E-state index is 3.61. The van der Waals surface area contributed by atoms with E-state index < -0.39 is 8.07 Å². The Morgan fingerprint density at radius 1 is 0.815 bits per heavy atom. The fourth-order valence-electron chi connectivity index (χ4n) is 3.04. The zero-order valence-electron chi connectivity index (χ0n) is 18.6. The van der Waals surface area contributed by atoms with Crippen LogP contribution in [-0.4, -0.2) is 13.8 Å². The number of benzene rings is 1. The van der Waals surface area contributed by atoms with E-state index in [9.17, 15) is 0 Å². The molecule has 0 bridgehead atoms. The van der Waals surface area contributed by atoms with E-state index in [0.29, 0.717) is 5.25 Å². The molecular weight excluding hydrogens is 360 g/mol. The molecule has 0 radical (unpaired) electrons. The predicted octanol–water partition coefficient (Wildman–Crippen LogP) is 8.57. The van der Waals surface area contributed by atoms with Crippen LogP contribution in [0.2, 0.25) is 19.6 Å². The molecule has 0 nitrogen and oxygen atoms in total. The Hall–Kier alpha value is -0.653. The molecule has 0 spiro atoms. The molecule has 0 aliphatic rings. The van der Waals surface area contributed by atoms with Gasteiger partial charge in [0.1, 0.15) is 8.07 Å². The van der Waals surface area contributed by atoms with Crippen molar-refractivity contribution in [3.8, 4) is 11.5 Å². The third-order valence-electron chi connectivity index (χ3n) is 4.74. The van der Waals surface area contributed by atoms with Gasteiger partial charge in [0.25, 0.3) is 0 Å². The molecule has 1 atom stereocenters. The number of thioether (sulfide) groups is 1. The average molecular weight is 403 g/mol. The minimum absolute atomic E-state index is 0.343. The van der Waals surface area contributed by atoms with E-state index in [0.717, 1.165) is 0 Å². The lowest BCUT2D eigenvalue weighted by molar-refractivity contribution is 0.563. The molecule has 0 saturated carbocycles. The van der Waals surface area contributed by atoms with E-state index in [1.807, 2.05) is 11.8 Å². The summed E-state index contributed by atoms with van der Waals surface area (Å²) >= 11 is 2.05. The SMILES string of the molecule is CCCCCCCCCCCCSC(C#C[Si](C)(C)C)c1ccc(C)cc1. The Morgan fingerprint density at radius 3 is 1.85 bits per heavy atom. The molecule has 1 aromatic rings. The molecule has 0 aliphatic carbocycles. The molecule has 0 heterocycles. The maximum atomic E-state index is 3.61. The van der Waals surface area contributed by atoms with Crippen LogP contribution in [0.5, 0.6) is 0 Å². The van der Waals surface area contributed by atoms with Gasteiger partial charge in [-0.1, -0.05) is 120 Å². The Labute approximate surface area is 175 Å². The van der Waals surface area contributed by atoms with Crippen LogP contribution in [0.25, 0.3) is 0 Å². The molecule has 1 unspecified atom stereocenters. The minimum Gasteiger partial charge on any atom is -0.141 e. The molecule has 0 fully saturated rings. The molecule has 0 aliphatic heterocycles. The van der Waals surface area contributed by atoms with Crippen molar-refractivity contribution in [2.45, 2.75) is 103 Å². The molecule has 1 aromatic carbocycles. The zero-order chi connectivity index (χ0) is 20.0. The number of hydrogen-bond donors (Lipinski definition) is 0. The first-order chi connectivity index (χ1) is 12.9. The summed E-state index contributed by atoms with van der Waals surface area (Å²) < 4.78 is 0. The van der Waals surface area contributed by atoms with E-state index in [4.69, 9.17) is 0 Å². The number of rotatable bonds is 13. The summed E-state index contributed by atoms with van der Waals surface area (Å²) in [5, 5.41) is 0.343. The number of aryl methyl sites for hydroxylation is 1. The lowest BCUT2D eigenvalue weighted by Gasteiger charge is -2.13. The van der Waals surface area contributed by atoms with Crippen molar-refractivity contribution in [3.63, 3.8) is 0 Å². The molecule has 2 heteroatoms. The highest BCUT2D eigenvalue weighted by molar-refractivity contribution is 7.99. The van der Waals surface area contributed by atoms with Gasteiger partial charge in [-0.2, -0.15) is 0 Å². The van der Waals surface area contributed by atoms with Crippen molar-refractivity contribution < 1.29 is 0 Å². The molecule has 27 heavy (non-hydrogen) atoms. The maximum Gasteiger partial charge on any atom is 0.129 e. The third kappa shape index (κ3) is 13.2. The Bertz CT molecular complexity index is 544. The van der Waals surface area contributed by atoms with Gasteiger partial charge in [0.2, 0.25) is 0 Å². The van der Waals surface area contributed by atoms with Crippen LogP contribution in [0.4, 0.5) is 0 Å². The van der Waals surface area contributed by atoms with Crippen LogP contribution in [0.1, 0.15) is 87.5 Å². The summed E-state index contributed by atoms with van der Waals surface area (Å²) in [5.74, 6) is 4.84. The molecule has 0 aromatic heterocycles. The second-order valence-electron chi connectivity index (χ2n) is 8.86. The molecule has 0 amide bonds. The van der Waals surface area contributed by atoms with E-state index in [-0.39, 0.29) is 0 Å². The van der Waals surface area contributed by atoms with Gasteiger partial charge in [0, 0.05) is 0 Å². The first-order valence-corrected chi connectivity index (χ1v) is 15.7. The van der Waals surface area contributed by atoms with Crippen molar-refractivity contribution in [2.24, 2.45) is 0 Å². The highest BCUT2D eigenvalue weighted by Gasteiger charge is 2.12. The predicted molar refractivity (Wildman–Crippen MR) is 129 cm³/mol. The molecular formula is C25H42SSi. The fourth-order valence-corrected chi connectivity index (χ4v) is 4.82. The van der Waals surface area contributed by atoms with Gasteiger partial charge in [-0.3, -0.25) is 0 Å². The van der Waals surface area contributed by atoms with Gasteiger partial charge in [0.05, 0.1) is 5.25 Å². The fraction of sp³-hybridized carbons (Fsp3) is 0.680. The van der Waals surface area contributed by atoms with Crippen molar-refractivity contribution in [3.05, 3.63) is 35.4 Å². The summed E-state index contributed by atoms with van der Waals surface area (Å²) in [7, 11) is -1.32. The van der Waals surface area contributed by atoms with Crippen molar-refractivity contribution >= 4 is 19.8 Å². The van der Waals surface area contributed by atoms with Crippen LogP contribution in [0, 0.1) is 18.4 Å². The quantitative estimate of drug-likeness (QED) is 0.181. The van der Waals surface area contributed by atoms with Gasteiger partial charge in [-0.15, -0.1) is 17.3 Å². The Kier molecular flexibility index (Phi) is 13.0. The monoisotopic (exact) mass is 402 g/mol. The lowest BCUT2D eigenvalue weighted by Crippen LogP contribution is -2.16. The molecule has 1 rings (SSSR count). The van der Waals surface area contributed by atoms with Gasteiger partial charge in [-0.05, 0) is 24.7 Å². The van der Waals surface area contributed by atoms with Gasteiger partial charge in [-0.25, -0.2) is 0 Å². The summed E-state index contributed by atoms with van der Waals surface area (Å²) in [6.07, 6.45) is 14.1. The second-order valence-corrected chi connectivity index (χ2v) is 14.8. The van der Waals surface area contributed by atoms with Crippen LogP contribution in [0.15, 0.2) is 24.3 Å². The van der Waals surface area contributed by atoms with Crippen LogP contribution in [0.3, 0.4) is 0 Å². The largest absolute Gasteiger partial charge is 0.141 e. The van der Waals surface area contributed by atoms with Gasteiger partial charge in [0.15, 0.2) is 0 Å².